The van der Waals surface area contributed by atoms with Gasteiger partial charge in [0.1, 0.15) is 0 Å². The molecule has 4 nitrogen and oxygen atoms in total. The summed E-state index contributed by atoms with van der Waals surface area (Å²) in [5, 5.41) is 0. The van der Waals surface area contributed by atoms with E-state index >= 15 is 0 Å². The Labute approximate surface area is 105 Å². The molecule has 2 fully saturated rings. The molecule has 17 heavy (non-hydrogen) atoms. The van der Waals surface area contributed by atoms with Gasteiger partial charge in [0.25, 0.3) is 0 Å². The Morgan fingerprint density at radius 1 is 1.35 bits per heavy atom. The van der Waals surface area contributed by atoms with Gasteiger partial charge in [0.15, 0.2) is 0 Å². The molecule has 100 valence electrons. The van der Waals surface area contributed by atoms with Crippen LogP contribution in [0.15, 0.2) is 0 Å². The third-order valence-electron chi connectivity index (χ3n) is 4.84. The summed E-state index contributed by atoms with van der Waals surface area (Å²) in [4.78, 5) is 4.94. The van der Waals surface area contributed by atoms with Crippen molar-refractivity contribution in [2.75, 3.05) is 40.3 Å². The highest BCUT2D eigenvalue weighted by Crippen LogP contribution is 2.33. The molecule has 0 aromatic heterocycles. The van der Waals surface area contributed by atoms with Crippen LogP contribution in [0.5, 0.6) is 0 Å². The second-order valence-corrected chi connectivity index (χ2v) is 5.75. The number of ether oxygens (including phenoxy) is 1. The van der Waals surface area contributed by atoms with Crippen molar-refractivity contribution in [1.29, 1.82) is 0 Å². The SMILES string of the molecule is CC1OCCC1(CN)N1CCC(N(C)C)CC1. The van der Waals surface area contributed by atoms with Crippen LogP contribution in [0.4, 0.5) is 0 Å². The number of likely N-dealkylation sites (tertiary alicyclic amines) is 1. The maximum atomic E-state index is 6.05. The van der Waals surface area contributed by atoms with E-state index in [1.54, 1.807) is 0 Å². The molecule has 0 bridgehead atoms. The molecule has 0 amide bonds. The van der Waals surface area contributed by atoms with E-state index in [1.165, 1.54) is 12.8 Å². The summed E-state index contributed by atoms with van der Waals surface area (Å²) in [5.74, 6) is 0. The van der Waals surface area contributed by atoms with E-state index in [2.05, 4.69) is 30.8 Å². The fourth-order valence-electron chi connectivity index (χ4n) is 3.41. The molecule has 0 saturated carbocycles. The molecule has 2 atom stereocenters. The van der Waals surface area contributed by atoms with Crippen molar-refractivity contribution in [1.82, 2.24) is 9.80 Å². The van der Waals surface area contributed by atoms with E-state index in [9.17, 15) is 0 Å². The highest BCUT2D eigenvalue weighted by atomic mass is 16.5. The summed E-state index contributed by atoms with van der Waals surface area (Å²) < 4.78 is 5.76. The first-order valence-electron chi connectivity index (χ1n) is 6.83. The molecular weight excluding hydrogens is 214 g/mol. The Kier molecular flexibility index (Phi) is 4.08. The number of nitrogens with zero attached hydrogens (tertiary/aromatic N) is 2. The van der Waals surface area contributed by atoms with E-state index < -0.39 is 0 Å². The number of hydrogen-bond acceptors (Lipinski definition) is 4. The molecule has 2 unspecified atom stereocenters. The van der Waals surface area contributed by atoms with Crippen molar-refractivity contribution < 1.29 is 4.74 Å². The Hall–Kier alpha value is -0.160. The van der Waals surface area contributed by atoms with Crippen LogP contribution in [0, 0.1) is 0 Å². The number of nitrogens with two attached hydrogens (primary N) is 1. The van der Waals surface area contributed by atoms with Crippen LogP contribution in [0.2, 0.25) is 0 Å². The van der Waals surface area contributed by atoms with Crippen LogP contribution < -0.4 is 5.73 Å². The smallest absolute Gasteiger partial charge is 0.0743 e. The quantitative estimate of drug-likeness (QED) is 0.782. The van der Waals surface area contributed by atoms with Crippen LogP contribution >= 0.6 is 0 Å². The van der Waals surface area contributed by atoms with Gasteiger partial charge in [0, 0.05) is 32.3 Å². The molecular formula is C13H27N3O. The van der Waals surface area contributed by atoms with Crippen LogP contribution in [0.25, 0.3) is 0 Å². The summed E-state index contributed by atoms with van der Waals surface area (Å²) in [5.41, 5.74) is 6.16. The Morgan fingerprint density at radius 3 is 2.41 bits per heavy atom. The first-order chi connectivity index (χ1) is 8.10. The number of rotatable bonds is 3. The first kappa shape index (κ1) is 13.3. The summed E-state index contributed by atoms with van der Waals surface area (Å²) in [6, 6.07) is 0.735. The molecule has 4 heteroatoms. The molecule has 0 radical (unpaired) electrons. The van der Waals surface area contributed by atoms with Crippen LogP contribution in [-0.2, 0) is 4.74 Å². The van der Waals surface area contributed by atoms with Gasteiger partial charge in [0.2, 0.25) is 0 Å². The lowest BCUT2D eigenvalue weighted by Crippen LogP contribution is -2.61. The molecule has 2 aliphatic heterocycles. The van der Waals surface area contributed by atoms with E-state index in [4.69, 9.17) is 10.5 Å². The minimum atomic E-state index is 0.108. The fraction of sp³-hybridized carbons (Fsp3) is 1.00. The summed E-state index contributed by atoms with van der Waals surface area (Å²) >= 11 is 0. The highest BCUT2D eigenvalue weighted by Gasteiger charge is 2.46. The van der Waals surface area contributed by atoms with E-state index in [1.807, 2.05) is 0 Å². The molecule has 2 rings (SSSR count). The molecule has 0 aromatic carbocycles. The van der Waals surface area contributed by atoms with Crippen LogP contribution in [0.3, 0.4) is 0 Å². The zero-order valence-corrected chi connectivity index (χ0v) is 11.5. The Bertz CT molecular complexity index is 251. The monoisotopic (exact) mass is 241 g/mol. The minimum absolute atomic E-state index is 0.108. The second kappa shape index (κ2) is 5.22. The lowest BCUT2D eigenvalue weighted by molar-refractivity contribution is -0.00697. The summed E-state index contributed by atoms with van der Waals surface area (Å²) in [6.45, 7) is 6.09. The van der Waals surface area contributed by atoms with Gasteiger partial charge in [-0.1, -0.05) is 0 Å². The average Bonchev–Trinajstić information content (AvgIpc) is 2.71. The zero-order valence-electron chi connectivity index (χ0n) is 11.5. The molecule has 0 spiro atoms. The van der Waals surface area contributed by atoms with Crippen molar-refractivity contribution in [3.63, 3.8) is 0 Å². The van der Waals surface area contributed by atoms with Crippen molar-refractivity contribution in [3.05, 3.63) is 0 Å². The van der Waals surface area contributed by atoms with Crippen molar-refractivity contribution >= 4 is 0 Å². The predicted octanol–water partition coefficient (Wildman–Crippen LogP) is 0.519. The standard InChI is InChI=1S/C13H27N3O/c1-11-13(10-14,6-9-17-11)16-7-4-12(5-8-16)15(2)3/h11-12H,4-10,14H2,1-3H3. The van der Waals surface area contributed by atoms with E-state index in [0.29, 0.717) is 0 Å². The molecule has 2 N–H and O–H groups in total. The third-order valence-corrected chi connectivity index (χ3v) is 4.84. The van der Waals surface area contributed by atoms with E-state index in [-0.39, 0.29) is 11.6 Å². The fourth-order valence-corrected chi connectivity index (χ4v) is 3.41. The highest BCUT2D eigenvalue weighted by molar-refractivity contribution is 5.02. The molecule has 2 aliphatic rings. The molecule has 0 aliphatic carbocycles. The number of hydrogen-bond donors (Lipinski definition) is 1. The van der Waals surface area contributed by atoms with Crippen molar-refractivity contribution in [3.8, 4) is 0 Å². The van der Waals surface area contributed by atoms with Crippen molar-refractivity contribution in [2.24, 2.45) is 5.73 Å². The predicted molar refractivity (Wildman–Crippen MR) is 70.1 cm³/mol. The minimum Gasteiger partial charge on any atom is -0.376 e. The maximum Gasteiger partial charge on any atom is 0.0743 e. The second-order valence-electron chi connectivity index (χ2n) is 5.75. The average molecular weight is 241 g/mol. The van der Waals surface area contributed by atoms with Gasteiger partial charge in [-0.2, -0.15) is 0 Å². The van der Waals surface area contributed by atoms with Gasteiger partial charge in [-0.15, -0.1) is 0 Å². The van der Waals surface area contributed by atoms with E-state index in [0.717, 1.165) is 38.7 Å². The van der Waals surface area contributed by atoms with Gasteiger partial charge < -0.3 is 15.4 Å². The number of piperidine rings is 1. The largest absolute Gasteiger partial charge is 0.376 e. The first-order valence-corrected chi connectivity index (χ1v) is 6.83. The third kappa shape index (κ3) is 2.36. The zero-order chi connectivity index (χ0) is 12.5. The molecule has 0 aromatic rings. The summed E-state index contributed by atoms with van der Waals surface area (Å²) in [7, 11) is 4.36. The molecule has 2 heterocycles. The topological polar surface area (TPSA) is 41.7 Å². The van der Waals surface area contributed by atoms with Gasteiger partial charge in [-0.3, -0.25) is 4.90 Å². The lowest BCUT2D eigenvalue weighted by atomic mass is 9.87. The van der Waals surface area contributed by atoms with Gasteiger partial charge in [-0.25, -0.2) is 0 Å². The normalized spacial score (nSPS) is 36.9. The Balaban J connectivity index is 1.99. The lowest BCUT2D eigenvalue weighted by Gasteiger charge is -2.47. The summed E-state index contributed by atoms with van der Waals surface area (Å²) in [6.07, 6.45) is 3.88. The molecule has 2 saturated heterocycles. The van der Waals surface area contributed by atoms with Gasteiger partial charge >= 0.3 is 0 Å². The Morgan fingerprint density at radius 2 is 2.00 bits per heavy atom. The maximum absolute atomic E-state index is 6.05. The van der Waals surface area contributed by atoms with Gasteiger partial charge in [-0.05, 0) is 40.3 Å². The van der Waals surface area contributed by atoms with Crippen molar-refractivity contribution in [2.45, 2.75) is 43.9 Å². The van der Waals surface area contributed by atoms with Gasteiger partial charge in [0.05, 0.1) is 11.6 Å². The van der Waals surface area contributed by atoms with Crippen LogP contribution in [0.1, 0.15) is 26.2 Å². The van der Waals surface area contributed by atoms with Crippen LogP contribution in [-0.4, -0.2) is 67.8 Å².